The highest BCUT2D eigenvalue weighted by Crippen LogP contribution is 2.35. The molecule has 0 fully saturated rings. The van der Waals surface area contributed by atoms with E-state index in [1.165, 1.54) is 0 Å². The highest BCUT2D eigenvalue weighted by atomic mass is 16.5. The smallest absolute Gasteiger partial charge is 0.351 e. The molecule has 0 aliphatic rings. The molecule has 6 heteroatoms. The van der Waals surface area contributed by atoms with Gasteiger partial charge in [-0.25, -0.2) is 9.59 Å². The lowest BCUT2D eigenvalue weighted by atomic mass is 9.99. The molecule has 3 rings (SSSR count). The number of esters is 1. The van der Waals surface area contributed by atoms with E-state index in [9.17, 15) is 9.59 Å². The molecule has 6 nitrogen and oxygen atoms in total. The van der Waals surface area contributed by atoms with Crippen molar-refractivity contribution in [2.24, 2.45) is 0 Å². The molecule has 1 aromatic heterocycles. The molecule has 158 valence electrons. The predicted molar refractivity (Wildman–Crippen MR) is 122 cm³/mol. The second kappa shape index (κ2) is 9.03. The van der Waals surface area contributed by atoms with Crippen LogP contribution in [0, 0.1) is 0 Å². The van der Waals surface area contributed by atoms with E-state index >= 15 is 0 Å². The number of nitrogens with zero attached hydrogens (tertiary/aromatic N) is 2. The number of hydrogen-bond donors (Lipinski definition) is 0. The summed E-state index contributed by atoms with van der Waals surface area (Å²) in [5.74, 6) is -0.669. The molecule has 3 aromatic rings. The number of benzene rings is 2. The summed E-state index contributed by atoms with van der Waals surface area (Å²) in [5.41, 5.74) is 3.83. The lowest BCUT2D eigenvalue weighted by molar-refractivity contribution is 0.0522. The standard InChI is InChI=1S/C24H28N2O4/c1-6-26(7-2)21-15-22-17(14-20(24(28)30-22)23(27)29-8-3)13-19(21)16-9-11-18(12-10-16)25(4)5/h9-15H,6-8H2,1-5H3. The molecule has 0 aliphatic carbocycles. The molecule has 0 amide bonds. The van der Waals surface area contributed by atoms with Crippen molar-refractivity contribution in [3.05, 3.63) is 58.4 Å². The summed E-state index contributed by atoms with van der Waals surface area (Å²) in [6.45, 7) is 7.71. The zero-order valence-corrected chi connectivity index (χ0v) is 18.2. The fourth-order valence-electron chi connectivity index (χ4n) is 3.50. The maximum absolute atomic E-state index is 12.3. The number of anilines is 2. The number of carbonyl (C=O) groups is 1. The minimum absolute atomic E-state index is 0.0890. The van der Waals surface area contributed by atoms with Crippen molar-refractivity contribution in [1.29, 1.82) is 0 Å². The topological polar surface area (TPSA) is 63.0 Å². The first-order valence-corrected chi connectivity index (χ1v) is 10.2. The summed E-state index contributed by atoms with van der Waals surface area (Å²) >= 11 is 0. The molecule has 1 heterocycles. The number of carbonyl (C=O) groups excluding carboxylic acids is 1. The van der Waals surface area contributed by atoms with E-state index in [4.69, 9.17) is 9.15 Å². The third-order valence-electron chi connectivity index (χ3n) is 5.14. The van der Waals surface area contributed by atoms with Crippen LogP contribution in [0.1, 0.15) is 31.1 Å². The van der Waals surface area contributed by atoms with Crippen LogP contribution in [0.2, 0.25) is 0 Å². The molecule has 0 bridgehead atoms. The summed E-state index contributed by atoms with van der Waals surface area (Å²) in [5, 5.41) is 0.681. The van der Waals surface area contributed by atoms with E-state index in [-0.39, 0.29) is 12.2 Å². The Bertz CT molecular complexity index is 1100. The summed E-state index contributed by atoms with van der Waals surface area (Å²) in [6, 6.07) is 13.7. The van der Waals surface area contributed by atoms with Gasteiger partial charge >= 0.3 is 11.6 Å². The van der Waals surface area contributed by atoms with Gasteiger partial charge in [0.15, 0.2) is 0 Å². The molecule has 0 spiro atoms. The van der Waals surface area contributed by atoms with Gasteiger partial charge in [-0.1, -0.05) is 12.1 Å². The molecule has 0 aliphatic heterocycles. The van der Waals surface area contributed by atoms with Crippen LogP contribution >= 0.6 is 0 Å². The van der Waals surface area contributed by atoms with Crippen LogP contribution in [0.5, 0.6) is 0 Å². The SMILES string of the molecule is CCOC(=O)c1cc2cc(-c3ccc(N(C)C)cc3)c(N(CC)CC)cc2oc1=O. The van der Waals surface area contributed by atoms with Crippen LogP contribution in [0.4, 0.5) is 11.4 Å². The Balaban J connectivity index is 2.23. The first-order valence-electron chi connectivity index (χ1n) is 10.2. The van der Waals surface area contributed by atoms with Crippen molar-refractivity contribution in [3.8, 4) is 11.1 Å². The average molecular weight is 408 g/mol. The van der Waals surface area contributed by atoms with Gasteiger partial charge in [0.05, 0.1) is 6.61 Å². The van der Waals surface area contributed by atoms with Gasteiger partial charge in [-0.3, -0.25) is 0 Å². The van der Waals surface area contributed by atoms with E-state index < -0.39 is 11.6 Å². The Hall–Kier alpha value is -3.28. The summed E-state index contributed by atoms with van der Waals surface area (Å²) < 4.78 is 10.5. The number of fused-ring (bicyclic) bond motifs is 1. The van der Waals surface area contributed by atoms with E-state index in [2.05, 4.69) is 47.9 Å². The van der Waals surface area contributed by atoms with Gasteiger partial charge in [0.1, 0.15) is 11.1 Å². The Morgan fingerprint density at radius 2 is 1.67 bits per heavy atom. The van der Waals surface area contributed by atoms with Crippen molar-refractivity contribution in [2.45, 2.75) is 20.8 Å². The van der Waals surface area contributed by atoms with Crippen LogP contribution in [0.25, 0.3) is 22.1 Å². The Morgan fingerprint density at radius 3 is 2.23 bits per heavy atom. The van der Waals surface area contributed by atoms with Gasteiger partial charge in [-0.05, 0) is 50.6 Å². The molecular formula is C24H28N2O4. The molecule has 0 radical (unpaired) electrons. The van der Waals surface area contributed by atoms with Gasteiger partial charge in [-0.2, -0.15) is 0 Å². The zero-order chi connectivity index (χ0) is 21.8. The van der Waals surface area contributed by atoms with E-state index in [1.54, 1.807) is 13.0 Å². The minimum Gasteiger partial charge on any atom is -0.462 e. The van der Waals surface area contributed by atoms with Gasteiger partial charge < -0.3 is 19.0 Å². The lowest BCUT2D eigenvalue weighted by Gasteiger charge is -2.25. The molecule has 0 atom stereocenters. The number of rotatable bonds is 7. The monoisotopic (exact) mass is 408 g/mol. The Morgan fingerprint density at radius 1 is 1.00 bits per heavy atom. The summed E-state index contributed by atoms with van der Waals surface area (Å²) in [6.07, 6.45) is 0. The van der Waals surface area contributed by atoms with Crippen LogP contribution < -0.4 is 15.4 Å². The second-order valence-electron chi connectivity index (χ2n) is 7.19. The van der Waals surface area contributed by atoms with Crippen LogP contribution in [0.15, 0.2) is 51.7 Å². The van der Waals surface area contributed by atoms with Crippen molar-refractivity contribution < 1.29 is 13.9 Å². The van der Waals surface area contributed by atoms with E-state index in [0.29, 0.717) is 11.0 Å². The van der Waals surface area contributed by atoms with Crippen molar-refractivity contribution in [2.75, 3.05) is 43.6 Å². The Kier molecular flexibility index (Phi) is 6.45. The summed E-state index contributed by atoms with van der Waals surface area (Å²) in [7, 11) is 4.01. The van der Waals surface area contributed by atoms with Gasteiger partial charge in [0.2, 0.25) is 0 Å². The first-order chi connectivity index (χ1) is 14.4. The van der Waals surface area contributed by atoms with Crippen molar-refractivity contribution in [3.63, 3.8) is 0 Å². The normalized spacial score (nSPS) is 10.8. The maximum Gasteiger partial charge on any atom is 0.351 e. The third kappa shape index (κ3) is 4.17. The maximum atomic E-state index is 12.3. The third-order valence-corrected chi connectivity index (χ3v) is 5.14. The Labute approximate surface area is 176 Å². The quantitative estimate of drug-likeness (QED) is 0.422. The highest BCUT2D eigenvalue weighted by molar-refractivity contribution is 5.96. The number of ether oxygens (including phenoxy) is 1. The zero-order valence-electron chi connectivity index (χ0n) is 18.2. The van der Waals surface area contributed by atoms with Gasteiger partial charge in [0, 0.05) is 55.6 Å². The minimum atomic E-state index is -0.686. The molecule has 0 N–H and O–H groups in total. The fourth-order valence-corrected chi connectivity index (χ4v) is 3.50. The van der Waals surface area contributed by atoms with E-state index in [1.807, 2.05) is 26.2 Å². The van der Waals surface area contributed by atoms with Gasteiger partial charge in [-0.15, -0.1) is 0 Å². The van der Waals surface area contributed by atoms with Crippen LogP contribution in [-0.2, 0) is 4.74 Å². The largest absolute Gasteiger partial charge is 0.462 e. The molecule has 0 unspecified atom stereocenters. The van der Waals surface area contributed by atoms with Gasteiger partial charge in [0.25, 0.3) is 0 Å². The number of hydrogen-bond acceptors (Lipinski definition) is 6. The molecule has 30 heavy (non-hydrogen) atoms. The molecule has 0 saturated carbocycles. The van der Waals surface area contributed by atoms with Crippen LogP contribution in [0.3, 0.4) is 0 Å². The van der Waals surface area contributed by atoms with Crippen LogP contribution in [-0.4, -0.2) is 39.8 Å². The molecule has 2 aromatic carbocycles. The predicted octanol–water partition coefficient (Wildman–Crippen LogP) is 4.55. The highest BCUT2D eigenvalue weighted by Gasteiger charge is 2.18. The molecular weight excluding hydrogens is 380 g/mol. The van der Waals surface area contributed by atoms with Crippen molar-refractivity contribution in [1.82, 2.24) is 0 Å². The summed E-state index contributed by atoms with van der Waals surface area (Å²) in [4.78, 5) is 28.7. The average Bonchev–Trinajstić information content (AvgIpc) is 2.74. The first kappa shape index (κ1) is 21.4. The van der Waals surface area contributed by atoms with Crippen molar-refractivity contribution >= 4 is 28.3 Å². The fraction of sp³-hybridized carbons (Fsp3) is 0.333. The van der Waals surface area contributed by atoms with E-state index in [0.717, 1.165) is 35.6 Å². The molecule has 0 saturated heterocycles. The lowest BCUT2D eigenvalue weighted by Crippen LogP contribution is -2.22. The second-order valence-corrected chi connectivity index (χ2v) is 7.19.